The van der Waals surface area contributed by atoms with Gasteiger partial charge in [-0.3, -0.25) is 0 Å². The highest BCUT2D eigenvalue weighted by molar-refractivity contribution is 9.10. The van der Waals surface area contributed by atoms with E-state index in [1.165, 1.54) is 0 Å². The molecule has 1 amide bonds. The van der Waals surface area contributed by atoms with Crippen LogP contribution in [-0.2, 0) is 4.74 Å². The van der Waals surface area contributed by atoms with Crippen LogP contribution in [0.4, 0.5) is 4.79 Å². The Bertz CT molecular complexity index is 497. The number of aliphatic hydroxyl groups excluding tert-OH is 1. The van der Waals surface area contributed by atoms with Crippen LogP contribution < -0.4 is 5.32 Å². The molecule has 2 atom stereocenters. The predicted octanol–water partition coefficient (Wildman–Crippen LogP) is 4.42. The molecule has 0 saturated heterocycles. The van der Waals surface area contributed by atoms with Crippen molar-refractivity contribution < 1.29 is 14.6 Å². The van der Waals surface area contributed by atoms with Crippen LogP contribution in [-0.4, -0.2) is 22.8 Å². The highest BCUT2D eigenvalue weighted by Gasteiger charge is 2.26. The molecule has 1 aromatic rings. The van der Waals surface area contributed by atoms with Gasteiger partial charge in [0.15, 0.2) is 0 Å². The number of halogens is 1. The molecule has 0 aliphatic rings. The summed E-state index contributed by atoms with van der Waals surface area (Å²) in [6, 6.07) is 7.07. The van der Waals surface area contributed by atoms with E-state index in [0.29, 0.717) is 12.3 Å². The monoisotopic (exact) mass is 371 g/mol. The molecule has 0 aromatic heterocycles. The van der Waals surface area contributed by atoms with Crippen LogP contribution in [0.1, 0.15) is 52.7 Å². The van der Waals surface area contributed by atoms with Gasteiger partial charge in [0, 0.05) is 4.47 Å². The molecular weight excluding hydrogens is 346 g/mol. The van der Waals surface area contributed by atoms with Gasteiger partial charge in [0.2, 0.25) is 0 Å². The molecule has 5 heteroatoms. The number of rotatable bonds is 5. The minimum Gasteiger partial charge on any atom is -0.444 e. The summed E-state index contributed by atoms with van der Waals surface area (Å²) in [5.74, 6) is 0.335. The lowest BCUT2D eigenvalue weighted by molar-refractivity contribution is 0.0402. The fraction of sp³-hybridized carbons (Fsp3) is 0.588. The molecular formula is C17H26BrNO3. The number of ether oxygens (including phenoxy) is 1. The van der Waals surface area contributed by atoms with Crippen LogP contribution in [0.2, 0.25) is 0 Å². The Morgan fingerprint density at radius 1 is 1.36 bits per heavy atom. The second kappa shape index (κ2) is 7.97. The molecule has 0 saturated carbocycles. The second-order valence-electron chi connectivity index (χ2n) is 6.88. The van der Waals surface area contributed by atoms with Crippen molar-refractivity contribution >= 4 is 22.0 Å². The lowest BCUT2D eigenvalue weighted by Crippen LogP contribution is -2.43. The molecule has 0 aliphatic heterocycles. The minimum absolute atomic E-state index is 0.335. The molecule has 0 fully saturated rings. The number of hydrogen-bond acceptors (Lipinski definition) is 3. The van der Waals surface area contributed by atoms with E-state index in [4.69, 9.17) is 4.74 Å². The van der Waals surface area contributed by atoms with Crippen LogP contribution in [0.25, 0.3) is 0 Å². The van der Waals surface area contributed by atoms with Crippen molar-refractivity contribution in [1.82, 2.24) is 5.32 Å². The van der Waals surface area contributed by atoms with Gasteiger partial charge >= 0.3 is 6.09 Å². The first-order valence-corrected chi connectivity index (χ1v) is 8.31. The number of benzene rings is 1. The van der Waals surface area contributed by atoms with Crippen LogP contribution in [0.3, 0.4) is 0 Å². The summed E-state index contributed by atoms with van der Waals surface area (Å²) >= 11 is 3.40. The average Bonchev–Trinajstić information content (AvgIpc) is 2.34. The lowest BCUT2D eigenvalue weighted by Gasteiger charge is -2.28. The van der Waals surface area contributed by atoms with Crippen LogP contribution >= 0.6 is 15.9 Å². The van der Waals surface area contributed by atoms with Gasteiger partial charge in [0.1, 0.15) is 5.60 Å². The standard InChI is InChI=1S/C17H26BrNO3/c1-11(2)9-14(19-16(21)22-17(3,4)5)15(20)12-7-6-8-13(18)10-12/h6-8,10-11,14-15,20H,9H2,1-5H3,(H,19,21)/t14-,15+/m0/s1. The number of hydrogen-bond donors (Lipinski definition) is 2. The Morgan fingerprint density at radius 2 is 2.00 bits per heavy atom. The second-order valence-corrected chi connectivity index (χ2v) is 7.80. The molecule has 124 valence electrons. The third kappa shape index (κ3) is 6.79. The average molecular weight is 372 g/mol. The maximum absolute atomic E-state index is 12.0. The van der Waals surface area contributed by atoms with Crippen LogP contribution in [0.15, 0.2) is 28.7 Å². The molecule has 0 spiro atoms. The quantitative estimate of drug-likeness (QED) is 0.804. The number of nitrogens with one attached hydrogen (secondary N) is 1. The van der Waals surface area contributed by atoms with Crippen molar-refractivity contribution in [1.29, 1.82) is 0 Å². The first-order chi connectivity index (χ1) is 10.1. The molecule has 1 aromatic carbocycles. The Balaban J connectivity index is 2.85. The van der Waals surface area contributed by atoms with Crippen LogP contribution in [0, 0.1) is 5.92 Å². The summed E-state index contributed by atoms with van der Waals surface area (Å²) in [6.07, 6.45) is -0.632. The SMILES string of the molecule is CC(C)C[C@H](NC(=O)OC(C)(C)C)[C@H](O)c1cccc(Br)c1. The molecule has 22 heavy (non-hydrogen) atoms. The Morgan fingerprint density at radius 3 is 2.50 bits per heavy atom. The van der Waals surface area contributed by atoms with Crippen molar-refractivity contribution in [2.45, 2.75) is 58.8 Å². The molecule has 0 aliphatic carbocycles. The molecule has 0 heterocycles. The van der Waals surface area contributed by atoms with Gasteiger partial charge in [0.25, 0.3) is 0 Å². The lowest BCUT2D eigenvalue weighted by atomic mass is 9.95. The number of amides is 1. The number of aliphatic hydroxyl groups is 1. The minimum atomic E-state index is -0.785. The summed E-state index contributed by atoms with van der Waals surface area (Å²) in [6.45, 7) is 9.55. The van der Waals surface area contributed by atoms with Gasteiger partial charge in [0.05, 0.1) is 12.1 Å². The molecule has 2 N–H and O–H groups in total. The zero-order valence-corrected chi connectivity index (χ0v) is 15.5. The Hall–Kier alpha value is -1.07. The van der Waals surface area contributed by atoms with Crippen molar-refractivity contribution in [3.63, 3.8) is 0 Å². The zero-order valence-electron chi connectivity index (χ0n) is 13.9. The highest BCUT2D eigenvalue weighted by Crippen LogP contribution is 2.24. The summed E-state index contributed by atoms with van der Waals surface area (Å²) < 4.78 is 6.18. The maximum Gasteiger partial charge on any atom is 0.407 e. The third-order valence-electron chi connectivity index (χ3n) is 3.00. The smallest absolute Gasteiger partial charge is 0.407 e. The van der Waals surface area contributed by atoms with Crippen molar-refractivity contribution in [3.8, 4) is 0 Å². The zero-order chi connectivity index (χ0) is 16.9. The van der Waals surface area contributed by atoms with Gasteiger partial charge in [-0.15, -0.1) is 0 Å². The number of alkyl carbamates (subject to hydrolysis) is 1. The van der Waals surface area contributed by atoms with Crippen molar-refractivity contribution in [2.24, 2.45) is 5.92 Å². The van der Waals surface area contributed by atoms with Gasteiger partial charge < -0.3 is 15.2 Å². The van der Waals surface area contributed by atoms with E-state index in [0.717, 1.165) is 10.0 Å². The summed E-state index contributed by atoms with van der Waals surface area (Å²) in [4.78, 5) is 12.0. The van der Waals surface area contributed by atoms with E-state index < -0.39 is 23.8 Å². The predicted molar refractivity (Wildman–Crippen MR) is 91.7 cm³/mol. The number of carbonyl (C=O) groups excluding carboxylic acids is 1. The first-order valence-electron chi connectivity index (χ1n) is 7.51. The maximum atomic E-state index is 12.0. The van der Waals surface area contributed by atoms with E-state index in [9.17, 15) is 9.90 Å². The van der Waals surface area contributed by atoms with Gasteiger partial charge in [-0.25, -0.2) is 4.79 Å². The molecule has 0 bridgehead atoms. The van der Waals surface area contributed by atoms with Gasteiger partial charge in [-0.2, -0.15) is 0 Å². The summed E-state index contributed by atoms with van der Waals surface area (Å²) in [5.41, 5.74) is 0.198. The highest BCUT2D eigenvalue weighted by atomic mass is 79.9. The fourth-order valence-corrected chi connectivity index (χ4v) is 2.57. The fourth-order valence-electron chi connectivity index (χ4n) is 2.16. The normalized spacial score (nSPS) is 14.5. The van der Waals surface area contributed by atoms with E-state index in [2.05, 4.69) is 35.1 Å². The first kappa shape index (κ1) is 19.0. The summed E-state index contributed by atoms with van der Waals surface area (Å²) in [7, 11) is 0. The Kier molecular flexibility index (Phi) is 6.88. The van der Waals surface area contributed by atoms with E-state index in [1.807, 2.05) is 45.0 Å². The largest absolute Gasteiger partial charge is 0.444 e. The Labute approximate surface area is 141 Å². The topological polar surface area (TPSA) is 58.6 Å². The molecule has 4 nitrogen and oxygen atoms in total. The molecule has 0 radical (unpaired) electrons. The van der Waals surface area contributed by atoms with Crippen molar-refractivity contribution in [2.75, 3.05) is 0 Å². The van der Waals surface area contributed by atoms with E-state index >= 15 is 0 Å². The summed E-state index contributed by atoms with van der Waals surface area (Å²) in [5, 5.41) is 13.4. The molecule has 0 unspecified atom stereocenters. The van der Waals surface area contributed by atoms with Crippen LogP contribution in [0.5, 0.6) is 0 Å². The van der Waals surface area contributed by atoms with Gasteiger partial charge in [-0.05, 0) is 50.8 Å². The third-order valence-corrected chi connectivity index (χ3v) is 3.49. The van der Waals surface area contributed by atoms with Gasteiger partial charge in [-0.1, -0.05) is 41.9 Å². The van der Waals surface area contributed by atoms with Crippen molar-refractivity contribution in [3.05, 3.63) is 34.3 Å². The van der Waals surface area contributed by atoms with E-state index in [1.54, 1.807) is 0 Å². The number of carbonyl (C=O) groups is 1. The molecule has 1 rings (SSSR count). The van der Waals surface area contributed by atoms with E-state index in [-0.39, 0.29) is 0 Å².